The molecule has 0 nitrogen and oxygen atoms in total. The Labute approximate surface area is 130 Å². The lowest BCUT2D eigenvalue weighted by Gasteiger charge is -2.15. The predicted molar refractivity (Wildman–Crippen MR) is 93.4 cm³/mol. The monoisotopic (exact) mass is 280 g/mol. The normalized spacial score (nSPS) is 11.0. The van der Waals surface area contributed by atoms with Crippen molar-refractivity contribution in [1.82, 2.24) is 0 Å². The molecule has 0 bridgehead atoms. The van der Waals surface area contributed by atoms with Crippen LogP contribution in [0.4, 0.5) is 0 Å². The second kappa shape index (κ2) is 6.47. The van der Waals surface area contributed by atoms with Gasteiger partial charge in [0.15, 0.2) is 0 Å². The molecule has 0 saturated carbocycles. The van der Waals surface area contributed by atoms with Crippen LogP contribution in [0.2, 0.25) is 0 Å². The van der Waals surface area contributed by atoms with Crippen molar-refractivity contribution in [1.29, 1.82) is 0 Å². The van der Waals surface area contributed by atoms with Gasteiger partial charge in [-0.25, -0.2) is 0 Å². The standard InChI is InChI=1S/C21H28/c1-7-8-19-11-16(4)21(17(5)12-19)13-20-9-14(2)18(6)15(3)10-20/h9-12H,7-8,13H2,1-6H3. The van der Waals surface area contributed by atoms with Gasteiger partial charge in [0, 0.05) is 0 Å². The van der Waals surface area contributed by atoms with Crippen LogP contribution in [0.1, 0.15) is 57.9 Å². The predicted octanol–water partition coefficient (Wildman–Crippen LogP) is 5.77. The Morgan fingerprint density at radius 3 is 1.62 bits per heavy atom. The van der Waals surface area contributed by atoms with Crippen LogP contribution in [0, 0.1) is 34.6 Å². The van der Waals surface area contributed by atoms with E-state index in [2.05, 4.69) is 65.8 Å². The molecule has 0 N–H and O–H groups in total. The van der Waals surface area contributed by atoms with Crippen LogP contribution in [0.3, 0.4) is 0 Å². The van der Waals surface area contributed by atoms with E-state index >= 15 is 0 Å². The van der Waals surface area contributed by atoms with E-state index in [0.717, 1.165) is 6.42 Å². The van der Waals surface area contributed by atoms with E-state index in [9.17, 15) is 0 Å². The smallest absolute Gasteiger partial charge is 0.00203 e. The molecule has 0 aromatic heterocycles. The molecule has 2 aromatic carbocycles. The number of benzene rings is 2. The fourth-order valence-corrected chi connectivity index (χ4v) is 3.23. The Balaban J connectivity index is 2.36. The molecule has 0 unspecified atom stereocenters. The molecule has 0 aliphatic rings. The van der Waals surface area contributed by atoms with E-state index in [-0.39, 0.29) is 0 Å². The maximum absolute atomic E-state index is 2.37. The molecule has 0 spiro atoms. The van der Waals surface area contributed by atoms with Crippen LogP contribution >= 0.6 is 0 Å². The number of rotatable bonds is 4. The molecule has 112 valence electrons. The van der Waals surface area contributed by atoms with Gasteiger partial charge in [0.25, 0.3) is 0 Å². The van der Waals surface area contributed by atoms with Gasteiger partial charge in [-0.2, -0.15) is 0 Å². The van der Waals surface area contributed by atoms with Crippen molar-refractivity contribution in [3.8, 4) is 0 Å². The van der Waals surface area contributed by atoms with E-state index in [0.29, 0.717) is 0 Å². The maximum atomic E-state index is 2.37. The highest BCUT2D eigenvalue weighted by Crippen LogP contribution is 2.23. The van der Waals surface area contributed by atoms with Gasteiger partial charge < -0.3 is 0 Å². The average molecular weight is 280 g/mol. The fourth-order valence-electron chi connectivity index (χ4n) is 3.23. The van der Waals surface area contributed by atoms with Gasteiger partial charge in [-0.1, -0.05) is 37.6 Å². The second-order valence-corrected chi connectivity index (χ2v) is 6.49. The van der Waals surface area contributed by atoms with Crippen LogP contribution in [0.15, 0.2) is 24.3 Å². The first-order chi connectivity index (χ1) is 9.92. The third-order valence-electron chi connectivity index (χ3n) is 4.66. The number of hydrogen-bond acceptors (Lipinski definition) is 0. The van der Waals surface area contributed by atoms with E-state index in [1.54, 1.807) is 0 Å². The molecular weight excluding hydrogens is 252 g/mol. The molecule has 0 fully saturated rings. The lowest BCUT2D eigenvalue weighted by molar-refractivity contribution is 0.914. The Morgan fingerprint density at radius 1 is 0.667 bits per heavy atom. The lowest BCUT2D eigenvalue weighted by atomic mass is 9.91. The molecule has 2 aromatic rings. The zero-order valence-corrected chi connectivity index (χ0v) is 14.4. The van der Waals surface area contributed by atoms with Crippen molar-refractivity contribution < 1.29 is 0 Å². The van der Waals surface area contributed by atoms with E-state index in [1.165, 1.54) is 57.3 Å². The fraction of sp³-hybridized carbons (Fsp3) is 0.429. The average Bonchev–Trinajstić information content (AvgIpc) is 2.40. The lowest BCUT2D eigenvalue weighted by Crippen LogP contribution is -2.00. The Bertz CT molecular complexity index is 601. The molecule has 2 rings (SSSR count). The van der Waals surface area contributed by atoms with E-state index < -0.39 is 0 Å². The number of hydrogen-bond donors (Lipinski definition) is 0. The van der Waals surface area contributed by atoms with Gasteiger partial charge in [0.1, 0.15) is 0 Å². The summed E-state index contributed by atoms with van der Waals surface area (Å²) in [5.74, 6) is 0. The molecule has 0 aliphatic heterocycles. The second-order valence-electron chi connectivity index (χ2n) is 6.49. The zero-order chi connectivity index (χ0) is 15.6. The van der Waals surface area contributed by atoms with Crippen LogP contribution < -0.4 is 0 Å². The number of aryl methyl sites for hydroxylation is 5. The quantitative estimate of drug-likeness (QED) is 0.666. The minimum Gasteiger partial charge on any atom is -0.0651 e. The molecule has 0 atom stereocenters. The first-order valence-electron chi connectivity index (χ1n) is 8.08. The first kappa shape index (κ1) is 15.8. The zero-order valence-electron chi connectivity index (χ0n) is 14.4. The summed E-state index contributed by atoms with van der Waals surface area (Å²) in [7, 11) is 0. The van der Waals surface area contributed by atoms with Crippen molar-refractivity contribution in [3.05, 3.63) is 68.8 Å². The minimum atomic E-state index is 1.05. The van der Waals surface area contributed by atoms with Gasteiger partial charge in [-0.05, 0) is 92.0 Å². The van der Waals surface area contributed by atoms with Crippen molar-refractivity contribution in [2.45, 2.75) is 60.8 Å². The van der Waals surface area contributed by atoms with Gasteiger partial charge in [0.2, 0.25) is 0 Å². The molecule has 0 amide bonds. The minimum absolute atomic E-state index is 1.05. The highest BCUT2D eigenvalue weighted by atomic mass is 14.1. The summed E-state index contributed by atoms with van der Waals surface area (Å²) in [6.45, 7) is 13.4. The maximum Gasteiger partial charge on any atom is -0.00203 e. The molecule has 0 aliphatic carbocycles. The van der Waals surface area contributed by atoms with Crippen LogP contribution in [-0.2, 0) is 12.8 Å². The van der Waals surface area contributed by atoms with E-state index in [4.69, 9.17) is 0 Å². The van der Waals surface area contributed by atoms with Gasteiger partial charge in [-0.3, -0.25) is 0 Å². The summed E-state index contributed by atoms with van der Waals surface area (Å²) in [5.41, 5.74) is 11.5. The summed E-state index contributed by atoms with van der Waals surface area (Å²) in [6.07, 6.45) is 3.45. The summed E-state index contributed by atoms with van der Waals surface area (Å²) in [4.78, 5) is 0. The van der Waals surface area contributed by atoms with Crippen LogP contribution in [0.25, 0.3) is 0 Å². The molecular formula is C21H28. The topological polar surface area (TPSA) is 0 Å². The highest BCUT2D eigenvalue weighted by Gasteiger charge is 2.08. The Kier molecular flexibility index (Phi) is 4.88. The van der Waals surface area contributed by atoms with Gasteiger partial charge in [-0.15, -0.1) is 0 Å². The SMILES string of the molecule is CCCc1cc(C)c(Cc2cc(C)c(C)c(C)c2)c(C)c1. The molecule has 0 heteroatoms. The first-order valence-corrected chi connectivity index (χ1v) is 8.08. The Hall–Kier alpha value is -1.56. The molecule has 0 heterocycles. The largest absolute Gasteiger partial charge is 0.0651 e. The van der Waals surface area contributed by atoms with Crippen molar-refractivity contribution in [2.24, 2.45) is 0 Å². The van der Waals surface area contributed by atoms with Crippen molar-refractivity contribution in [3.63, 3.8) is 0 Å². The highest BCUT2D eigenvalue weighted by molar-refractivity contribution is 5.44. The van der Waals surface area contributed by atoms with Gasteiger partial charge >= 0.3 is 0 Å². The molecule has 0 radical (unpaired) electrons. The van der Waals surface area contributed by atoms with Crippen molar-refractivity contribution in [2.75, 3.05) is 0 Å². The summed E-state index contributed by atoms with van der Waals surface area (Å²) in [6, 6.07) is 9.45. The molecule has 0 saturated heterocycles. The van der Waals surface area contributed by atoms with Crippen LogP contribution in [-0.4, -0.2) is 0 Å². The Morgan fingerprint density at radius 2 is 1.14 bits per heavy atom. The van der Waals surface area contributed by atoms with Crippen LogP contribution in [0.5, 0.6) is 0 Å². The van der Waals surface area contributed by atoms with Gasteiger partial charge in [0.05, 0.1) is 0 Å². The third-order valence-corrected chi connectivity index (χ3v) is 4.66. The van der Waals surface area contributed by atoms with Crippen molar-refractivity contribution >= 4 is 0 Å². The summed E-state index contributed by atoms with van der Waals surface area (Å²) < 4.78 is 0. The summed E-state index contributed by atoms with van der Waals surface area (Å²) >= 11 is 0. The van der Waals surface area contributed by atoms with E-state index in [1.807, 2.05) is 0 Å². The summed E-state index contributed by atoms with van der Waals surface area (Å²) in [5, 5.41) is 0. The molecule has 21 heavy (non-hydrogen) atoms. The third kappa shape index (κ3) is 3.56.